The van der Waals surface area contributed by atoms with Crippen molar-refractivity contribution in [1.29, 1.82) is 0 Å². The molecule has 148 heavy (non-hydrogen) atoms. The first-order chi connectivity index (χ1) is 70.2. The Balaban J connectivity index is 17.4. The number of unbranched alkanes of at least 4 members (excludes halogenated alkanes) is 15. The van der Waals surface area contributed by atoms with E-state index in [1.807, 2.05) is 0 Å². The predicted molar refractivity (Wildman–Crippen MR) is 702 cm³/mol. The molecule has 890 valence electrons. The molecule has 0 bridgehead atoms. The fraction of sp³-hybridized carbons (Fsp3) is 1.00. The first-order valence-corrected chi connectivity index (χ1v) is 201. The molecule has 0 saturated carbocycles. The Hall–Kier alpha value is 11.0. The van der Waals surface area contributed by atoms with E-state index < -0.39 is 538 Å². The van der Waals surface area contributed by atoms with Crippen molar-refractivity contribution < 1.29 is 278 Å². The van der Waals surface area contributed by atoms with Crippen LogP contribution in [0.25, 0.3) is 0 Å². The van der Waals surface area contributed by atoms with Gasteiger partial charge in [-0.25, -0.2) is 0 Å². The van der Waals surface area contributed by atoms with Gasteiger partial charge in [-0.15, -0.1) is 0 Å². The summed E-state index contributed by atoms with van der Waals surface area (Å²) < 4.78 is 162. The number of hydrogen-bond donors (Lipinski definition) is 40. The van der Waals surface area contributed by atoms with E-state index in [0.717, 1.165) is 96.8 Å². The molecule has 0 aromatic heterocycles. The van der Waals surface area contributed by atoms with Crippen molar-refractivity contribution in [2.75, 3.05) is 0 Å². The molecule has 0 radical (unpaired) electrons. The van der Waals surface area contributed by atoms with Crippen molar-refractivity contribution in [2.45, 2.75) is 162 Å². The summed E-state index contributed by atoms with van der Waals surface area (Å²) in [5.41, 5.74) is 0. The highest BCUT2D eigenvalue weighted by molar-refractivity contribution is 8.35. The van der Waals surface area contributed by atoms with E-state index in [4.69, 9.17) is 74.1 Å². The third kappa shape index (κ3) is 34.0. The van der Waals surface area contributed by atoms with Crippen LogP contribution in [0.1, 0.15) is 110 Å². The molecule has 0 rings (SSSR count). The molecule has 5 unspecified atom stereocenters. The summed E-state index contributed by atoms with van der Waals surface area (Å²) in [6.45, 7) is -89.4. The average Bonchev–Trinajstić information content (AvgIpc) is 0.611. The molecule has 5 atom stereocenters. The summed E-state index contributed by atoms with van der Waals surface area (Å²) in [4.78, 5) is 555. The largest absolute Gasteiger partial charge is 0.442 e. The van der Waals surface area contributed by atoms with Crippen LogP contribution >= 0.6 is 0 Å². The minimum atomic E-state index is -9.76. The standard InChI is InChI=1S/C25H176O61Si62/c1-9-10-11-12-13-14-15-16-17-18-19-20-21-22-23-24-25-126(4)129(65,100-39)134(108-47,70-91-30)85-146(147(141(117-56,118-57)75-96-35,142(119-58,120-59)76-97-36)82-131(103-42,104-43)67-88-27,148(143(121-60,122-61)77-98-37,144(123-62,124-63)78-99-38)83-132(105-44,106-45)68-89-28)136(80-128(7,8)79-125(2)3,86-135(137(109-48,110-49)71-92-31,138(111-50,112-51)72-93-32)81-130(101-40,102-41)66-87-26)145(139(113-52,114-53)73-94-33,140(115-54,116-55)74-95-34)84-133(107-46,69-90-29)127(5,6)64/h26-65,125-126H,9-25,87-124H2,1-8H3. The Morgan fingerprint density at radius 2 is 0.432 bits per heavy atom. The smallest absolute Gasteiger partial charge is 0.338 e. The SMILES string of the molecule is CCCCCCCCCCCCCCCCCC[SiH](C)[Si](O)([SiH2]O)[Si](O[SiH2]O)(O[Si]([Si](O[Si](C)(C)O[SiH](C)C)(O[Si](O[Si](O[SiH2]O)([SiH2]O)[SiH2]O)([Si](O[SiH2]O)([SiH2]O)[SiH2]O)[Si](O[SiH2]O)([SiH2]O)[SiH2]O)[Si](O[Si](O[SiH2]O)([SiH2]O)[Si](C)(C)O)([Si](O[SiH2]O)([SiH2]O)[SiH2]O)[Si](O[SiH2]O)([SiH2]O)[SiH2]O)([Si](O[Si](O[SiH2]O)([SiH2]O)[SiH2]O)([Si](O[SiH2]O)([SiH2]O)[SiH2]O)[Si](O[SiH2]O)([SiH2]O)[SiH2]O)[Si](O[Si](O[SiH2]O)([SiH2]O)[SiH2]O)([Si](O[SiH2]O)([SiH2]O)[SiH2]O)[Si](O[SiH2]O)([SiH2]O)[SiH2]O)[SiH2]O. The second-order valence-electron chi connectivity index (χ2n) is 36.4. The molecule has 0 heterocycles. The molecule has 0 aromatic carbocycles. The Kier molecular flexibility index (Phi) is 82.7. The summed E-state index contributed by atoms with van der Waals surface area (Å²) in [6.07, 6.45) is 13.5. The van der Waals surface area contributed by atoms with Crippen molar-refractivity contribution in [2.24, 2.45) is 0 Å². The van der Waals surface area contributed by atoms with Gasteiger partial charge in [-0.1, -0.05) is 122 Å². The lowest BCUT2D eigenvalue weighted by atomic mass is 10.0. The van der Waals surface area contributed by atoms with Gasteiger partial charge in [0.25, 0.3) is 158 Å². The maximum atomic E-state index is 16.2. The lowest BCUT2D eigenvalue weighted by Gasteiger charge is -2.77. The second-order valence-corrected chi connectivity index (χ2v) is 391. The van der Waals surface area contributed by atoms with Crippen LogP contribution < -0.4 is 0 Å². The summed E-state index contributed by atoms with van der Waals surface area (Å²) in [7, 11) is -233. The van der Waals surface area contributed by atoms with Crippen molar-refractivity contribution in [1.82, 2.24) is 0 Å². The van der Waals surface area contributed by atoms with Crippen LogP contribution in [0, 0.1) is 0 Å². The predicted octanol–water partition coefficient (Wildman–Crippen LogP) is -56.9. The van der Waals surface area contributed by atoms with Crippen LogP contribution in [0.2, 0.25) is 51.9 Å². The van der Waals surface area contributed by atoms with Crippen LogP contribution in [0.4, 0.5) is 0 Å². The number of hydrogen-bond acceptors (Lipinski definition) is 61. The Labute approximate surface area is 966 Å². The monoisotopic (exact) mass is 3190 g/mol. The van der Waals surface area contributed by atoms with E-state index >= 15 is 4.80 Å². The molecular weight excluding hydrogens is 3020 g/mol. The second kappa shape index (κ2) is 76.9. The van der Waals surface area contributed by atoms with Gasteiger partial charge in [0.2, 0.25) is 144 Å². The highest BCUT2D eigenvalue weighted by Crippen LogP contribution is 2.62. The van der Waals surface area contributed by atoms with Crippen molar-refractivity contribution >= 4 is 538 Å². The van der Waals surface area contributed by atoms with Gasteiger partial charge in [0.1, 0.15) is 0 Å². The van der Waals surface area contributed by atoms with Gasteiger partial charge < -0.3 is 278 Å². The third-order valence-electron chi connectivity index (χ3n) is 27.2. The van der Waals surface area contributed by atoms with Crippen molar-refractivity contribution in [3.05, 3.63) is 0 Å². The molecule has 0 spiro atoms. The average molecular weight is 3190 g/mol. The molecule has 123 heteroatoms. The molecule has 0 saturated heterocycles. The number of rotatable bonds is 99. The van der Waals surface area contributed by atoms with Gasteiger partial charge >= 0.3 is 61.7 Å². The van der Waals surface area contributed by atoms with E-state index in [0.29, 0.717) is 19.3 Å². The minimum absolute atomic E-state index is 0.00259. The van der Waals surface area contributed by atoms with E-state index in [-0.39, 0.29) is 18.9 Å². The molecular formula is C25H176O61Si62. The first-order valence-electron chi connectivity index (χ1n) is 47.6. The Morgan fingerprint density at radius 1 is 0.203 bits per heavy atom. The lowest BCUT2D eigenvalue weighted by Crippen LogP contribution is -3.21. The zero-order valence-corrected chi connectivity index (χ0v) is 164. The van der Waals surface area contributed by atoms with Crippen molar-refractivity contribution in [3.63, 3.8) is 0 Å². The van der Waals surface area contributed by atoms with Crippen LogP contribution in [-0.2, 0) is 86.4 Å². The van der Waals surface area contributed by atoms with Crippen molar-refractivity contribution in [3.8, 4) is 0 Å². The van der Waals surface area contributed by atoms with E-state index in [1.165, 1.54) is 19.6 Å². The zero-order chi connectivity index (χ0) is 114. The van der Waals surface area contributed by atoms with Gasteiger partial charge in [-0.05, 0) is 39.3 Å². The summed E-state index contributed by atoms with van der Waals surface area (Å²) in [6, 6.07) is -0.310. The zero-order valence-electron chi connectivity index (χ0n) is 85.5. The summed E-state index contributed by atoms with van der Waals surface area (Å²) >= 11 is 0. The maximum absolute atomic E-state index is 16.2. The van der Waals surface area contributed by atoms with E-state index in [9.17, 15) is 199 Å². The van der Waals surface area contributed by atoms with Gasteiger partial charge in [0.05, 0.1) is 8.31 Å². The Bertz CT molecular complexity index is 3280. The summed E-state index contributed by atoms with van der Waals surface area (Å²) in [5.74, 6) is 0. The van der Waals surface area contributed by atoms with Gasteiger partial charge in [0, 0.05) is 0 Å². The molecule has 0 amide bonds. The topological polar surface area (TPSA) is 1000 Å². The molecule has 0 fully saturated rings. The van der Waals surface area contributed by atoms with Crippen LogP contribution in [-0.4, -0.2) is 730 Å². The quantitative estimate of drug-likeness (QED) is 0.0199. The highest BCUT2D eigenvalue weighted by atomic mass is 30.6. The fourth-order valence-electron chi connectivity index (χ4n) is 19.5. The molecule has 61 nitrogen and oxygen atoms in total. The molecule has 0 aliphatic heterocycles. The molecule has 0 aliphatic rings. The Morgan fingerprint density at radius 3 is 0.655 bits per heavy atom. The fourth-order valence-corrected chi connectivity index (χ4v) is 1260. The molecule has 0 aliphatic carbocycles. The normalized spacial score (nSPS) is 24.4. The van der Waals surface area contributed by atoms with E-state index in [1.54, 1.807) is 0 Å². The maximum Gasteiger partial charge on any atom is 0.338 e. The molecule has 0 aromatic rings. The third-order valence-corrected chi connectivity index (χ3v) is 700. The van der Waals surface area contributed by atoms with Crippen LogP contribution in [0.15, 0.2) is 0 Å². The van der Waals surface area contributed by atoms with Gasteiger partial charge in [-0.3, -0.25) is 0 Å². The first kappa shape index (κ1) is 159. The minimum Gasteiger partial charge on any atom is -0.442 e. The van der Waals surface area contributed by atoms with Crippen LogP contribution in [0.3, 0.4) is 0 Å². The lowest BCUT2D eigenvalue weighted by molar-refractivity contribution is 0.292. The van der Waals surface area contributed by atoms with E-state index in [2.05, 4.69) is 6.92 Å². The van der Waals surface area contributed by atoms with Gasteiger partial charge in [0.15, 0.2) is 167 Å². The summed E-state index contributed by atoms with van der Waals surface area (Å²) in [5, 5.41) is 0. The molecule has 40 N–H and O–H groups in total. The van der Waals surface area contributed by atoms with Crippen LogP contribution in [0.5, 0.6) is 0 Å². The van der Waals surface area contributed by atoms with Gasteiger partial charge in [-0.2, -0.15) is 0 Å². The highest BCUT2D eigenvalue weighted by Gasteiger charge is 3.08.